The fraction of sp³-hybridized carbons (Fsp3) is 0.391. The van der Waals surface area contributed by atoms with Gasteiger partial charge in [0.1, 0.15) is 12.4 Å². The van der Waals surface area contributed by atoms with Gasteiger partial charge in [-0.15, -0.1) is 22.7 Å². The predicted octanol–water partition coefficient (Wildman–Crippen LogP) is 6.49. The molecule has 0 aliphatic carbocycles. The van der Waals surface area contributed by atoms with Crippen molar-refractivity contribution in [2.75, 3.05) is 13.2 Å². The van der Waals surface area contributed by atoms with E-state index in [2.05, 4.69) is 91.9 Å². The Hall–Kier alpha value is -1.62. The molecular weight excluding hydrogens is 370 g/mol. The Kier molecular flexibility index (Phi) is 7.11. The van der Waals surface area contributed by atoms with Crippen molar-refractivity contribution in [3.63, 3.8) is 0 Å². The first-order valence-electron chi connectivity index (χ1n) is 9.61. The maximum atomic E-state index is 6.02. The molecule has 27 heavy (non-hydrogen) atoms. The second-order valence-corrected chi connectivity index (χ2v) is 9.27. The van der Waals surface area contributed by atoms with Crippen LogP contribution in [0.3, 0.4) is 0 Å². The summed E-state index contributed by atoms with van der Waals surface area (Å²) >= 11 is 3.64. The summed E-state index contributed by atoms with van der Waals surface area (Å²) in [6.45, 7) is 10.6. The number of thiophene rings is 2. The van der Waals surface area contributed by atoms with E-state index in [9.17, 15) is 0 Å². The van der Waals surface area contributed by atoms with Crippen molar-refractivity contribution in [2.24, 2.45) is 0 Å². The third-order valence-electron chi connectivity index (χ3n) is 4.81. The van der Waals surface area contributed by atoms with Crippen LogP contribution in [0.15, 0.2) is 59.3 Å². The lowest BCUT2D eigenvalue weighted by atomic mass is 9.96. The number of rotatable bonds is 9. The van der Waals surface area contributed by atoms with Crippen molar-refractivity contribution >= 4 is 22.7 Å². The van der Waals surface area contributed by atoms with Gasteiger partial charge in [0.25, 0.3) is 0 Å². The van der Waals surface area contributed by atoms with E-state index in [1.807, 2.05) is 22.7 Å². The molecule has 0 saturated heterocycles. The smallest absolute Gasteiger partial charge is 0.119 e. The van der Waals surface area contributed by atoms with Gasteiger partial charge in [-0.3, -0.25) is 4.90 Å². The van der Waals surface area contributed by atoms with E-state index >= 15 is 0 Å². The number of nitrogens with zero attached hydrogens (tertiary/aromatic N) is 1. The molecular formula is C23H29NOS2. The number of ether oxygens (including phenoxy) is 1. The molecule has 3 aromatic rings. The van der Waals surface area contributed by atoms with Gasteiger partial charge in [-0.1, -0.05) is 24.3 Å². The Balaban J connectivity index is 1.67. The lowest BCUT2D eigenvalue weighted by molar-refractivity contribution is 0.142. The summed E-state index contributed by atoms with van der Waals surface area (Å²) in [6, 6.07) is 18.4. The van der Waals surface area contributed by atoms with Crippen molar-refractivity contribution in [1.82, 2.24) is 4.90 Å². The van der Waals surface area contributed by atoms with Crippen molar-refractivity contribution < 1.29 is 4.74 Å². The molecule has 0 aliphatic heterocycles. The predicted molar refractivity (Wildman–Crippen MR) is 118 cm³/mol. The minimum atomic E-state index is 0.316. The molecule has 0 aliphatic rings. The average Bonchev–Trinajstić information content (AvgIpc) is 3.34. The zero-order valence-electron chi connectivity index (χ0n) is 16.6. The summed E-state index contributed by atoms with van der Waals surface area (Å²) in [7, 11) is 0. The molecule has 2 heterocycles. The van der Waals surface area contributed by atoms with Crippen molar-refractivity contribution in [2.45, 2.75) is 45.7 Å². The van der Waals surface area contributed by atoms with E-state index in [4.69, 9.17) is 4.74 Å². The molecule has 0 saturated carbocycles. The highest BCUT2D eigenvalue weighted by molar-refractivity contribution is 7.11. The number of benzene rings is 1. The molecule has 0 unspecified atom stereocenters. The van der Waals surface area contributed by atoms with Crippen LogP contribution in [-0.4, -0.2) is 30.1 Å². The van der Waals surface area contributed by atoms with Gasteiger partial charge < -0.3 is 4.74 Å². The molecule has 0 N–H and O–H groups in total. The largest absolute Gasteiger partial charge is 0.492 e. The molecule has 1 aromatic carbocycles. The average molecular weight is 400 g/mol. The second-order valence-electron chi connectivity index (χ2n) is 7.31. The van der Waals surface area contributed by atoms with Crippen molar-refractivity contribution in [3.05, 3.63) is 74.6 Å². The monoisotopic (exact) mass is 399 g/mol. The van der Waals surface area contributed by atoms with E-state index < -0.39 is 0 Å². The van der Waals surface area contributed by atoms with Gasteiger partial charge in [0.15, 0.2) is 0 Å². The fourth-order valence-electron chi connectivity index (χ4n) is 3.52. The highest BCUT2D eigenvalue weighted by Gasteiger charge is 2.19. The molecule has 0 spiro atoms. The SMILES string of the molecule is CC(C)N(CCOc1ccc(C(c2cccs2)c2cccs2)cc1)C(C)C. The molecule has 2 nitrogen and oxygen atoms in total. The van der Waals surface area contributed by atoms with Gasteiger partial charge in [0.2, 0.25) is 0 Å². The van der Waals surface area contributed by atoms with Crippen LogP contribution in [0.1, 0.15) is 48.9 Å². The first kappa shape index (κ1) is 20.1. The minimum Gasteiger partial charge on any atom is -0.492 e. The van der Waals surface area contributed by atoms with Crippen LogP contribution in [0.4, 0.5) is 0 Å². The topological polar surface area (TPSA) is 12.5 Å². The van der Waals surface area contributed by atoms with Crippen LogP contribution in [0.5, 0.6) is 5.75 Å². The third kappa shape index (κ3) is 5.22. The zero-order chi connectivity index (χ0) is 19.2. The molecule has 0 bridgehead atoms. The van der Waals surface area contributed by atoms with E-state index in [0.29, 0.717) is 18.0 Å². The summed E-state index contributed by atoms with van der Waals surface area (Å²) in [5.74, 6) is 1.26. The van der Waals surface area contributed by atoms with Gasteiger partial charge in [0, 0.05) is 28.4 Å². The van der Waals surface area contributed by atoms with Gasteiger partial charge in [-0.25, -0.2) is 0 Å². The summed E-state index contributed by atoms with van der Waals surface area (Å²) < 4.78 is 6.02. The van der Waals surface area contributed by atoms with Crippen LogP contribution in [0, 0.1) is 0 Å². The molecule has 0 fully saturated rings. The Labute approximate surface area is 171 Å². The molecule has 0 amide bonds. The molecule has 2 aromatic heterocycles. The molecule has 3 rings (SSSR count). The third-order valence-corrected chi connectivity index (χ3v) is 6.69. The maximum absolute atomic E-state index is 6.02. The normalized spacial score (nSPS) is 11.9. The Morgan fingerprint density at radius 3 is 1.81 bits per heavy atom. The van der Waals surface area contributed by atoms with Crippen LogP contribution in [0.25, 0.3) is 0 Å². The van der Waals surface area contributed by atoms with E-state index in [0.717, 1.165) is 18.9 Å². The summed E-state index contributed by atoms with van der Waals surface area (Å²) in [5, 5.41) is 4.31. The lowest BCUT2D eigenvalue weighted by Gasteiger charge is -2.30. The van der Waals surface area contributed by atoms with Gasteiger partial charge >= 0.3 is 0 Å². The van der Waals surface area contributed by atoms with Crippen LogP contribution < -0.4 is 4.74 Å². The Bertz CT molecular complexity index is 734. The zero-order valence-corrected chi connectivity index (χ0v) is 18.2. The first-order valence-corrected chi connectivity index (χ1v) is 11.4. The van der Waals surface area contributed by atoms with Gasteiger partial charge in [0.05, 0.1) is 5.92 Å². The Morgan fingerprint density at radius 2 is 1.37 bits per heavy atom. The highest BCUT2D eigenvalue weighted by atomic mass is 32.1. The van der Waals surface area contributed by atoms with Crippen molar-refractivity contribution in [3.8, 4) is 5.75 Å². The highest BCUT2D eigenvalue weighted by Crippen LogP contribution is 2.37. The fourth-order valence-corrected chi connectivity index (χ4v) is 5.33. The molecule has 144 valence electrons. The van der Waals surface area contributed by atoms with E-state index in [-0.39, 0.29) is 0 Å². The second kappa shape index (κ2) is 9.54. The summed E-state index contributed by atoms with van der Waals surface area (Å²) in [5.41, 5.74) is 1.32. The minimum absolute atomic E-state index is 0.316. The van der Waals surface area contributed by atoms with Crippen molar-refractivity contribution in [1.29, 1.82) is 0 Å². The first-order chi connectivity index (χ1) is 13.1. The molecule has 0 atom stereocenters. The van der Waals surface area contributed by atoms with Crippen LogP contribution in [0.2, 0.25) is 0 Å². The quantitative estimate of drug-likeness (QED) is 0.408. The van der Waals surface area contributed by atoms with Gasteiger partial charge in [-0.2, -0.15) is 0 Å². The Morgan fingerprint density at radius 1 is 0.815 bits per heavy atom. The lowest BCUT2D eigenvalue weighted by Crippen LogP contribution is -2.39. The molecule has 0 radical (unpaired) electrons. The number of hydrogen-bond donors (Lipinski definition) is 0. The standard InChI is InChI=1S/C23H29NOS2/c1-17(2)24(18(3)4)13-14-25-20-11-9-19(10-12-20)23(21-7-5-15-26-21)22-8-6-16-27-22/h5-12,15-18,23H,13-14H2,1-4H3. The maximum Gasteiger partial charge on any atom is 0.119 e. The van der Waals surface area contributed by atoms with Crippen LogP contribution in [-0.2, 0) is 0 Å². The summed E-state index contributed by atoms with van der Waals surface area (Å²) in [4.78, 5) is 5.23. The van der Waals surface area contributed by atoms with E-state index in [1.165, 1.54) is 15.3 Å². The van der Waals surface area contributed by atoms with Gasteiger partial charge in [-0.05, 0) is 68.3 Å². The van der Waals surface area contributed by atoms with E-state index in [1.54, 1.807) is 0 Å². The summed E-state index contributed by atoms with van der Waals surface area (Å²) in [6.07, 6.45) is 0. The van der Waals surface area contributed by atoms with Crippen LogP contribution >= 0.6 is 22.7 Å². The number of hydrogen-bond acceptors (Lipinski definition) is 4. The molecule has 4 heteroatoms.